The number of hydrogen-bond donors (Lipinski definition) is 1. The Hall–Kier alpha value is -2.42. The van der Waals surface area contributed by atoms with E-state index in [0.717, 1.165) is 4.90 Å². The highest BCUT2D eigenvalue weighted by Gasteiger charge is 2.39. The Labute approximate surface area is 155 Å². The van der Waals surface area contributed by atoms with E-state index < -0.39 is 21.8 Å². The number of hydrogen-bond acceptors (Lipinski definition) is 5. The topological polar surface area (TPSA) is 97.5 Å². The Bertz CT molecular complexity index is 997. The van der Waals surface area contributed by atoms with Gasteiger partial charge in [0.15, 0.2) is 0 Å². The number of amides is 2. The van der Waals surface area contributed by atoms with Crippen LogP contribution < -0.4 is 10.0 Å². The average molecular weight is 388 g/mol. The molecule has 8 heteroatoms. The van der Waals surface area contributed by atoms with E-state index in [2.05, 4.69) is 0 Å². The zero-order valence-electron chi connectivity index (χ0n) is 13.9. The first-order chi connectivity index (χ1) is 12.3. The van der Waals surface area contributed by atoms with Crippen LogP contribution in [-0.2, 0) is 19.6 Å². The van der Waals surface area contributed by atoms with Crippen molar-refractivity contribution >= 4 is 44.9 Å². The summed E-state index contributed by atoms with van der Waals surface area (Å²) in [5.41, 5.74) is 1.33. The molecule has 0 radical (unpaired) electrons. The molecule has 0 aromatic heterocycles. The molecule has 6 nitrogen and oxygen atoms in total. The molecular formula is C18H16N2O4S2. The molecule has 0 saturated heterocycles. The molecule has 2 aromatic rings. The van der Waals surface area contributed by atoms with E-state index in [1.54, 1.807) is 24.3 Å². The number of benzene rings is 2. The largest absolute Gasteiger partial charge is 0.272 e. The van der Waals surface area contributed by atoms with Crippen LogP contribution in [0.25, 0.3) is 5.57 Å². The van der Waals surface area contributed by atoms with Crippen molar-refractivity contribution in [2.75, 3.05) is 10.7 Å². The number of thioether (sulfide) groups is 1. The van der Waals surface area contributed by atoms with Crippen molar-refractivity contribution in [2.45, 2.75) is 11.8 Å². The number of primary sulfonamides is 1. The van der Waals surface area contributed by atoms with Crippen molar-refractivity contribution < 1.29 is 18.0 Å². The van der Waals surface area contributed by atoms with Crippen LogP contribution in [0.3, 0.4) is 0 Å². The summed E-state index contributed by atoms with van der Waals surface area (Å²) in [7, 11) is -3.85. The summed E-state index contributed by atoms with van der Waals surface area (Å²) >= 11 is 1.31. The number of nitrogens with zero attached hydrogens (tertiary/aromatic N) is 1. The zero-order valence-corrected chi connectivity index (χ0v) is 15.5. The van der Waals surface area contributed by atoms with Crippen molar-refractivity contribution in [3.63, 3.8) is 0 Å². The standard InChI is InChI=1S/C18H16N2O4S2/c1-2-25-16-15(12-6-4-3-5-7-12)17(21)20(18(16)22)13-8-10-14(11-9-13)26(19,23)24/h3-11H,2H2,1H3,(H2,19,23,24). The third kappa shape index (κ3) is 3.31. The molecule has 3 rings (SSSR count). The summed E-state index contributed by atoms with van der Waals surface area (Å²) in [6.07, 6.45) is 0. The number of anilines is 1. The SMILES string of the molecule is CCSC1=C(c2ccccc2)C(=O)N(c2ccc(S(N)(=O)=O)cc2)C1=O. The second-order valence-electron chi connectivity index (χ2n) is 5.49. The predicted octanol–water partition coefficient (Wildman–Crippen LogP) is 2.37. The molecule has 0 bridgehead atoms. The first-order valence-electron chi connectivity index (χ1n) is 7.78. The average Bonchev–Trinajstić information content (AvgIpc) is 2.86. The quantitative estimate of drug-likeness (QED) is 0.793. The summed E-state index contributed by atoms with van der Waals surface area (Å²) in [5, 5.41) is 5.09. The van der Waals surface area contributed by atoms with Crippen LogP contribution in [-0.4, -0.2) is 26.0 Å². The normalized spacial score (nSPS) is 15.1. The van der Waals surface area contributed by atoms with Gasteiger partial charge in [0.1, 0.15) is 0 Å². The van der Waals surface area contributed by atoms with Gasteiger partial charge in [-0.1, -0.05) is 37.3 Å². The van der Waals surface area contributed by atoms with Gasteiger partial charge in [0.2, 0.25) is 10.0 Å². The molecule has 2 amide bonds. The third-order valence-corrected chi connectivity index (χ3v) is 5.70. The Balaban J connectivity index is 2.04. The molecule has 1 aliphatic rings. The van der Waals surface area contributed by atoms with Gasteiger partial charge in [-0.3, -0.25) is 9.59 Å². The lowest BCUT2D eigenvalue weighted by Crippen LogP contribution is -2.31. The van der Waals surface area contributed by atoms with Crippen LogP contribution >= 0.6 is 11.8 Å². The van der Waals surface area contributed by atoms with E-state index >= 15 is 0 Å². The fraction of sp³-hybridized carbons (Fsp3) is 0.111. The lowest BCUT2D eigenvalue weighted by molar-refractivity contribution is -0.119. The fourth-order valence-electron chi connectivity index (χ4n) is 2.67. The molecule has 0 atom stereocenters. The van der Waals surface area contributed by atoms with Gasteiger partial charge < -0.3 is 0 Å². The molecule has 26 heavy (non-hydrogen) atoms. The maximum atomic E-state index is 13.0. The van der Waals surface area contributed by atoms with Crippen molar-refractivity contribution in [3.8, 4) is 0 Å². The molecule has 0 unspecified atom stereocenters. The molecule has 0 saturated carbocycles. The number of rotatable bonds is 5. The summed E-state index contributed by atoms with van der Waals surface area (Å²) in [4.78, 5) is 27.2. The summed E-state index contributed by atoms with van der Waals surface area (Å²) < 4.78 is 22.8. The summed E-state index contributed by atoms with van der Waals surface area (Å²) in [6, 6.07) is 14.4. The fourth-order valence-corrected chi connectivity index (χ4v) is 4.04. The highest BCUT2D eigenvalue weighted by molar-refractivity contribution is 8.04. The highest BCUT2D eigenvalue weighted by Crippen LogP contribution is 2.38. The number of imide groups is 1. The Kier molecular flexibility index (Phi) is 4.99. The van der Waals surface area contributed by atoms with E-state index in [1.165, 1.54) is 36.0 Å². The smallest absolute Gasteiger partial charge is 0.268 e. The second-order valence-corrected chi connectivity index (χ2v) is 8.32. The minimum absolute atomic E-state index is 0.0836. The lowest BCUT2D eigenvalue weighted by Gasteiger charge is -2.15. The van der Waals surface area contributed by atoms with Crippen molar-refractivity contribution in [1.82, 2.24) is 0 Å². The van der Waals surface area contributed by atoms with Gasteiger partial charge in [-0.05, 0) is 35.6 Å². The van der Waals surface area contributed by atoms with Crippen molar-refractivity contribution in [3.05, 3.63) is 65.1 Å². The number of sulfonamides is 1. The Morgan fingerprint density at radius 2 is 1.58 bits per heavy atom. The molecule has 0 aliphatic carbocycles. The van der Waals surface area contributed by atoms with Gasteiger partial charge in [0.25, 0.3) is 11.8 Å². The monoisotopic (exact) mass is 388 g/mol. The number of carbonyl (C=O) groups excluding carboxylic acids is 2. The maximum absolute atomic E-state index is 13.0. The van der Waals surface area contributed by atoms with Crippen molar-refractivity contribution in [1.29, 1.82) is 0 Å². The summed E-state index contributed by atoms with van der Waals surface area (Å²) in [6.45, 7) is 1.90. The molecule has 0 fully saturated rings. The second kappa shape index (κ2) is 7.06. The van der Waals surface area contributed by atoms with Crippen molar-refractivity contribution in [2.24, 2.45) is 5.14 Å². The third-order valence-electron chi connectivity index (χ3n) is 3.82. The van der Waals surface area contributed by atoms with Crippen LogP contribution in [0.2, 0.25) is 0 Å². The van der Waals surface area contributed by atoms with E-state index in [4.69, 9.17) is 5.14 Å². The van der Waals surface area contributed by atoms with Crippen LogP contribution in [0, 0.1) is 0 Å². The molecule has 1 heterocycles. The first-order valence-corrected chi connectivity index (χ1v) is 10.3. The molecule has 2 N–H and O–H groups in total. The lowest BCUT2D eigenvalue weighted by atomic mass is 10.1. The molecule has 2 aromatic carbocycles. The minimum Gasteiger partial charge on any atom is -0.268 e. The minimum atomic E-state index is -3.85. The summed E-state index contributed by atoms with van der Waals surface area (Å²) in [5.74, 6) is -0.201. The van der Waals surface area contributed by atoms with Gasteiger partial charge in [0, 0.05) is 0 Å². The van der Waals surface area contributed by atoms with Crippen LogP contribution in [0.15, 0.2) is 64.4 Å². The Morgan fingerprint density at radius 3 is 2.12 bits per heavy atom. The number of carbonyl (C=O) groups is 2. The van der Waals surface area contributed by atoms with Crippen LogP contribution in [0.4, 0.5) is 5.69 Å². The Morgan fingerprint density at radius 1 is 0.962 bits per heavy atom. The maximum Gasteiger partial charge on any atom is 0.272 e. The van der Waals surface area contributed by atoms with Crippen LogP contribution in [0.5, 0.6) is 0 Å². The zero-order chi connectivity index (χ0) is 18.9. The molecule has 0 spiro atoms. The number of nitrogens with two attached hydrogens (primary N) is 1. The van der Waals surface area contributed by atoms with Gasteiger partial charge in [-0.2, -0.15) is 0 Å². The highest BCUT2D eigenvalue weighted by atomic mass is 32.2. The van der Waals surface area contributed by atoms with Gasteiger partial charge in [0.05, 0.1) is 21.1 Å². The van der Waals surface area contributed by atoms with Gasteiger partial charge in [-0.25, -0.2) is 18.5 Å². The molecule has 1 aliphatic heterocycles. The van der Waals surface area contributed by atoms with Crippen LogP contribution in [0.1, 0.15) is 12.5 Å². The first kappa shape index (κ1) is 18.4. The van der Waals surface area contributed by atoms with E-state index in [-0.39, 0.29) is 4.90 Å². The molecule has 134 valence electrons. The van der Waals surface area contributed by atoms with Gasteiger partial charge >= 0.3 is 0 Å². The van der Waals surface area contributed by atoms with Gasteiger partial charge in [-0.15, -0.1) is 11.8 Å². The predicted molar refractivity (Wildman–Crippen MR) is 102 cm³/mol. The van der Waals surface area contributed by atoms with E-state index in [1.807, 2.05) is 13.0 Å². The van der Waals surface area contributed by atoms with E-state index in [9.17, 15) is 18.0 Å². The molecular weight excluding hydrogens is 372 g/mol. The van der Waals surface area contributed by atoms with E-state index in [0.29, 0.717) is 27.5 Å².